The summed E-state index contributed by atoms with van der Waals surface area (Å²) in [5, 5.41) is 9.42. The number of carbonyl (C=O) groups is 1. The van der Waals surface area contributed by atoms with Gasteiger partial charge in [0.1, 0.15) is 11.5 Å². The monoisotopic (exact) mass is 264 g/mol. The third-order valence-corrected chi connectivity index (χ3v) is 3.80. The minimum absolute atomic E-state index is 0.657. The predicted molar refractivity (Wildman–Crippen MR) is 72.1 cm³/mol. The fourth-order valence-corrected chi connectivity index (χ4v) is 2.52. The van der Waals surface area contributed by atoms with Crippen LogP contribution in [0.15, 0.2) is 12.1 Å². The van der Waals surface area contributed by atoms with E-state index < -0.39 is 11.4 Å². The zero-order valence-corrected chi connectivity index (χ0v) is 11.7. The normalized spacial score (nSPS) is 15.9. The van der Waals surface area contributed by atoms with Gasteiger partial charge in [0, 0.05) is 5.56 Å². The van der Waals surface area contributed by atoms with Gasteiger partial charge in [-0.05, 0) is 37.0 Å². The molecule has 1 aliphatic carbocycles. The Bertz CT molecular complexity index is 489. The number of carboxylic acid groups (broad SMARTS) is 1. The first kappa shape index (κ1) is 13.7. The maximum absolute atomic E-state index is 11.5. The number of aryl methyl sites for hydroxylation is 1. The summed E-state index contributed by atoms with van der Waals surface area (Å²) in [7, 11) is 3.20. The summed E-state index contributed by atoms with van der Waals surface area (Å²) < 4.78 is 10.8. The molecule has 1 aromatic rings. The molecule has 0 radical (unpaired) electrons. The second kappa shape index (κ2) is 5.11. The Kier molecular flexibility index (Phi) is 3.69. The number of aliphatic carboxylic acids is 1. The van der Waals surface area contributed by atoms with Crippen LogP contribution in [-0.2, 0) is 16.6 Å². The van der Waals surface area contributed by atoms with Gasteiger partial charge in [-0.15, -0.1) is 0 Å². The highest BCUT2D eigenvalue weighted by Crippen LogP contribution is 2.52. The molecule has 19 heavy (non-hydrogen) atoms. The van der Waals surface area contributed by atoms with Crippen LogP contribution in [0.3, 0.4) is 0 Å². The summed E-state index contributed by atoms with van der Waals surface area (Å²) in [6, 6.07) is 3.76. The fraction of sp³-hybridized carbons (Fsp3) is 0.533. The molecule has 0 amide bonds. The van der Waals surface area contributed by atoms with Gasteiger partial charge < -0.3 is 14.6 Å². The van der Waals surface area contributed by atoms with Crippen molar-refractivity contribution in [2.75, 3.05) is 14.2 Å². The molecule has 1 N–H and O–H groups in total. The summed E-state index contributed by atoms with van der Waals surface area (Å²) in [6.45, 7) is 2.10. The standard InChI is InChI=1S/C15H20O4/c1-4-5-10-8-13(19-3)11(9-12(10)18-2)15(6-7-15)14(16)17/h8-9H,4-7H2,1-3H3,(H,16,17). The molecule has 1 aromatic carbocycles. The molecule has 0 unspecified atom stereocenters. The summed E-state index contributed by atoms with van der Waals surface area (Å²) in [5.74, 6) is 0.630. The number of methoxy groups -OCH3 is 2. The number of hydrogen-bond donors (Lipinski definition) is 1. The summed E-state index contributed by atoms with van der Waals surface area (Å²) in [4.78, 5) is 11.5. The highest BCUT2D eigenvalue weighted by atomic mass is 16.5. The summed E-state index contributed by atoms with van der Waals surface area (Å²) in [6.07, 6.45) is 3.22. The Balaban J connectivity index is 2.52. The molecule has 0 atom stereocenters. The molecule has 4 heteroatoms. The molecule has 2 rings (SSSR count). The van der Waals surface area contributed by atoms with E-state index >= 15 is 0 Å². The van der Waals surface area contributed by atoms with Gasteiger partial charge in [-0.1, -0.05) is 13.3 Å². The first-order chi connectivity index (χ1) is 9.08. The first-order valence-corrected chi connectivity index (χ1v) is 6.57. The lowest BCUT2D eigenvalue weighted by atomic mass is 9.92. The van der Waals surface area contributed by atoms with Crippen LogP contribution in [0.2, 0.25) is 0 Å². The second-order valence-electron chi connectivity index (χ2n) is 5.00. The SMILES string of the molecule is CCCc1cc(OC)c(C2(C(=O)O)CC2)cc1OC. The fourth-order valence-electron chi connectivity index (χ4n) is 2.52. The van der Waals surface area contributed by atoms with Gasteiger partial charge in [0.05, 0.1) is 19.6 Å². The number of ether oxygens (including phenoxy) is 2. The predicted octanol–water partition coefficient (Wildman–Crippen LogP) is 2.77. The van der Waals surface area contributed by atoms with Crippen molar-refractivity contribution in [1.82, 2.24) is 0 Å². The lowest BCUT2D eigenvalue weighted by Crippen LogP contribution is -2.20. The van der Waals surface area contributed by atoms with Gasteiger partial charge >= 0.3 is 5.97 Å². The smallest absolute Gasteiger partial charge is 0.314 e. The van der Waals surface area contributed by atoms with Gasteiger partial charge in [0.2, 0.25) is 0 Å². The van der Waals surface area contributed by atoms with Crippen molar-refractivity contribution in [3.05, 3.63) is 23.3 Å². The average Bonchev–Trinajstić information content (AvgIpc) is 3.20. The maximum atomic E-state index is 11.5. The highest BCUT2D eigenvalue weighted by Gasteiger charge is 2.53. The van der Waals surface area contributed by atoms with Gasteiger partial charge in [-0.2, -0.15) is 0 Å². The number of carboxylic acids is 1. The molecule has 104 valence electrons. The van der Waals surface area contributed by atoms with Crippen molar-refractivity contribution in [3.63, 3.8) is 0 Å². The largest absolute Gasteiger partial charge is 0.496 e. The molecule has 1 fully saturated rings. The molecule has 4 nitrogen and oxygen atoms in total. The van der Waals surface area contributed by atoms with E-state index in [0.717, 1.165) is 29.7 Å². The van der Waals surface area contributed by atoms with Crippen molar-refractivity contribution in [3.8, 4) is 11.5 Å². The van der Waals surface area contributed by atoms with Gasteiger partial charge in [-0.3, -0.25) is 4.79 Å². The lowest BCUT2D eigenvalue weighted by Gasteiger charge is -2.18. The molecule has 0 heterocycles. The van der Waals surface area contributed by atoms with E-state index in [1.165, 1.54) is 0 Å². The molecule has 0 bridgehead atoms. The summed E-state index contributed by atoms with van der Waals surface area (Å²) in [5.41, 5.74) is 1.02. The minimum atomic E-state index is -0.781. The van der Waals surface area contributed by atoms with Crippen molar-refractivity contribution in [2.45, 2.75) is 38.0 Å². The molecule has 0 spiro atoms. The van der Waals surface area contributed by atoms with Crippen molar-refractivity contribution in [2.24, 2.45) is 0 Å². The Morgan fingerprint density at radius 3 is 2.32 bits per heavy atom. The number of rotatable bonds is 6. The van der Waals surface area contributed by atoms with Crippen LogP contribution in [0.1, 0.15) is 37.3 Å². The Morgan fingerprint density at radius 1 is 1.26 bits per heavy atom. The molecular weight excluding hydrogens is 244 g/mol. The van der Waals surface area contributed by atoms with E-state index in [2.05, 4.69) is 6.92 Å². The van der Waals surface area contributed by atoms with E-state index in [1.807, 2.05) is 12.1 Å². The van der Waals surface area contributed by atoms with E-state index in [4.69, 9.17) is 9.47 Å². The minimum Gasteiger partial charge on any atom is -0.496 e. The molecular formula is C15H20O4. The lowest BCUT2D eigenvalue weighted by molar-refractivity contribution is -0.140. The molecule has 1 aliphatic rings. The molecule has 0 aliphatic heterocycles. The van der Waals surface area contributed by atoms with Crippen LogP contribution in [0.5, 0.6) is 11.5 Å². The van der Waals surface area contributed by atoms with E-state index in [-0.39, 0.29) is 0 Å². The summed E-state index contributed by atoms with van der Waals surface area (Å²) >= 11 is 0. The number of benzene rings is 1. The zero-order valence-electron chi connectivity index (χ0n) is 11.7. The quantitative estimate of drug-likeness (QED) is 0.858. The Morgan fingerprint density at radius 2 is 1.89 bits per heavy atom. The molecule has 0 aromatic heterocycles. The van der Waals surface area contributed by atoms with Crippen LogP contribution in [0, 0.1) is 0 Å². The van der Waals surface area contributed by atoms with Crippen molar-refractivity contribution >= 4 is 5.97 Å². The van der Waals surface area contributed by atoms with E-state index in [1.54, 1.807) is 14.2 Å². The van der Waals surface area contributed by atoms with Crippen LogP contribution in [-0.4, -0.2) is 25.3 Å². The Hall–Kier alpha value is -1.71. The zero-order chi connectivity index (χ0) is 14.0. The maximum Gasteiger partial charge on any atom is 0.314 e. The average molecular weight is 264 g/mol. The van der Waals surface area contributed by atoms with E-state index in [9.17, 15) is 9.90 Å². The Labute approximate surface area is 113 Å². The third kappa shape index (κ3) is 2.27. The van der Waals surface area contributed by atoms with Crippen LogP contribution < -0.4 is 9.47 Å². The second-order valence-corrected chi connectivity index (χ2v) is 5.00. The third-order valence-electron chi connectivity index (χ3n) is 3.80. The van der Waals surface area contributed by atoms with Crippen LogP contribution in [0.4, 0.5) is 0 Å². The van der Waals surface area contributed by atoms with Crippen molar-refractivity contribution in [1.29, 1.82) is 0 Å². The van der Waals surface area contributed by atoms with Gasteiger partial charge in [-0.25, -0.2) is 0 Å². The molecule has 0 saturated heterocycles. The van der Waals surface area contributed by atoms with Crippen LogP contribution in [0.25, 0.3) is 0 Å². The van der Waals surface area contributed by atoms with Gasteiger partial charge in [0.25, 0.3) is 0 Å². The highest BCUT2D eigenvalue weighted by molar-refractivity contribution is 5.86. The molecule has 1 saturated carbocycles. The van der Waals surface area contributed by atoms with Gasteiger partial charge in [0.15, 0.2) is 0 Å². The first-order valence-electron chi connectivity index (χ1n) is 6.57. The van der Waals surface area contributed by atoms with Crippen molar-refractivity contribution < 1.29 is 19.4 Å². The topological polar surface area (TPSA) is 55.8 Å². The van der Waals surface area contributed by atoms with Crippen LogP contribution >= 0.6 is 0 Å². The van der Waals surface area contributed by atoms with E-state index in [0.29, 0.717) is 18.6 Å². The number of hydrogen-bond acceptors (Lipinski definition) is 3.